The van der Waals surface area contributed by atoms with Crippen LogP contribution in [0.2, 0.25) is 0 Å². The second-order valence-electron chi connectivity index (χ2n) is 7.70. The first-order valence-corrected chi connectivity index (χ1v) is 8.54. The maximum Gasteiger partial charge on any atom is 0.228 e. The van der Waals surface area contributed by atoms with Crippen molar-refractivity contribution in [3.05, 3.63) is 59.7 Å². The van der Waals surface area contributed by atoms with Gasteiger partial charge in [0.05, 0.1) is 27.6 Å². The Morgan fingerprint density at radius 2 is 1.46 bits per heavy atom. The van der Waals surface area contributed by atoms with Crippen LogP contribution in [-0.4, -0.2) is 27.1 Å². The number of rotatable bonds is 6. The summed E-state index contributed by atoms with van der Waals surface area (Å²) in [6.45, 7) is 4.43. The zero-order valence-corrected chi connectivity index (χ0v) is 15.5. The van der Waals surface area contributed by atoms with E-state index in [-0.39, 0.29) is 5.91 Å². The maximum atomic E-state index is 12.2. The molecule has 0 unspecified atom stereocenters. The first-order valence-electron chi connectivity index (χ1n) is 8.54. The largest absolute Gasteiger partial charge is 0.326 e. The van der Waals surface area contributed by atoms with Crippen LogP contribution in [0.1, 0.15) is 25.0 Å². The third kappa shape index (κ3) is 5.50. The van der Waals surface area contributed by atoms with Crippen molar-refractivity contribution in [3.8, 4) is 0 Å². The molecule has 0 saturated carbocycles. The number of benzene rings is 2. The van der Waals surface area contributed by atoms with Crippen LogP contribution in [0.4, 0.5) is 11.4 Å². The Balaban J connectivity index is 1.93. The summed E-state index contributed by atoms with van der Waals surface area (Å²) >= 11 is 0. The molecular formula is C21H29N2O+. The fraction of sp³-hybridized carbons (Fsp3) is 0.381. The summed E-state index contributed by atoms with van der Waals surface area (Å²) in [6.07, 6.45) is 1.48. The molecule has 24 heavy (non-hydrogen) atoms. The number of nitrogens with one attached hydrogen (secondary N) is 1. The molecule has 2 aromatic rings. The summed E-state index contributed by atoms with van der Waals surface area (Å²) in [7, 11) is 6.36. The third-order valence-corrected chi connectivity index (χ3v) is 3.96. The maximum absolute atomic E-state index is 12.2. The van der Waals surface area contributed by atoms with E-state index in [4.69, 9.17) is 0 Å². The summed E-state index contributed by atoms with van der Waals surface area (Å²) in [5, 5.41) is 2.97. The van der Waals surface area contributed by atoms with Gasteiger partial charge in [-0.2, -0.15) is 0 Å². The van der Waals surface area contributed by atoms with E-state index in [2.05, 4.69) is 76.7 Å². The van der Waals surface area contributed by atoms with Gasteiger partial charge in [0, 0.05) is 17.8 Å². The van der Waals surface area contributed by atoms with Crippen molar-refractivity contribution in [1.82, 2.24) is 4.48 Å². The first-order chi connectivity index (χ1) is 11.2. The number of hydrogen-bond donors (Lipinski definition) is 1. The molecule has 0 fully saturated rings. The lowest BCUT2D eigenvalue weighted by Gasteiger charge is -2.23. The highest BCUT2D eigenvalue weighted by atomic mass is 16.1. The molecular weight excluding hydrogens is 296 g/mol. The van der Waals surface area contributed by atoms with Crippen LogP contribution in [0, 0.1) is 5.92 Å². The average molecular weight is 325 g/mol. The molecule has 2 rings (SSSR count). The van der Waals surface area contributed by atoms with Gasteiger partial charge >= 0.3 is 0 Å². The van der Waals surface area contributed by atoms with Crippen LogP contribution in [0.15, 0.2) is 48.5 Å². The van der Waals surface area contributed by atoms with E-state index in [1.54, 1.807) is 0 Å². The quantitative estimate of drug-likeness (QED) is 0.790. The van der Waals surface area contributed by atoms with Crippen molar-refractivity contribution in [2.75, 3.05) is 26.5 Å². The van der Waals surface area contributed by atoms with E-state index in [9.17, 15) is 4.79 Å². The normalized spacial score (nSPS) is 11.6. The van der Waals surface area contributed by atoms with Gasteiger partial charge < -0.3 is 5.32 Å². The molecule has 1 N–H and O–H groups in total. The van der Waals surface area contributed by atoms with Gasteiger partial charge in [0.1, 0.15) is 5.69 Å². The van der Waals surface area contributed by atoms with E-state index in [0.717, 1.165) is 22.2 Å². The number of carbonyl (C=O) groups is 1. The Morgan fingerprint density at radius 1 is 0.917 bits per heavy atom. The van der Waals surface area contributed by atoms with E-state index >= 15 is 0 Å². The molecule has 0 bridgehead atoms. The first kappa shape index (κ1) is 18.2. The van der Waals surface area contributed by atoms with Crippen molar-refractivity contribution in [2.24, 2.45) is 5.92 Å². The Kier molecular flexibility index (Phi) is 5.79. The number of quaternary nitrogens is 1. The van der Waals surface area contributed by atoms with Gasteiger partial charge in [-0.1, -0.05) is 38.1 Å². The Morgan fingerprint density at radius 3 is 1.96 bits per heavy atom. The standard InChI is InChI=1S/C21H28N2O/c1-16(2)14-17-6-8-18(9-7-17)15-21(24)22-19-10-12-20(13-11-19)23(3,4)5/h6-13,16H,14-15H2,1-5H3/p+1. The topological polar surface area (TPSA) is 29.1 Å². The summed E-state index contributed by atoms with van der Waals surface area (Å²) in [4.78, 5) is 12.2. The van der Waals surface area contributed by atoms with E-state index in [1.807, 2.05) is 12.1 Å². The number of carbonyl (C=O) groups excluding carboxylic acids is 1. The number of hydrogen-bond acceptors (Lipinski definition) is 1. The summed E-state index contributed by atoms with van der Waals surface area (Å²) in [6, 6.07) is 16.4. The lowest BCUT2D eigenvalue weighted by atomic mass is 10.0. The van der Waals surface area contributed by atoms with Crippen LogP contribution in [0.3, 0.4) is 0 Å². The molecule has 0 spiro atoms. The number of anilines is 1. The highest BCUT2D eigenvalue weighted by Gasteiger charge is 2.12. The van der Waals surface area contributed by atoms with Crippen LogP contribution >= 0.6 is 0 Å². The van der Waals surface area contributed by atoms with Crippen LogP contribution in [0.25, 0.3) is 0 Å². The lowest BCUT2D eigenvalue weighted by molar-refractivity contribution is -0.115. The number of amides is 1. The molecule has 3 heteroatoms. The molecule has 0 saturated heterocycles. The van der Waals surface area contributed by atoms with Gasteiger partial charge in [-0.25, -0.2) is 0 Å². The molecule has 0 aliphatic heterocycles. The summed E-state index contributed by atoms with van der Waals surface area (Å²) < 4.78 is 0.761. The lowest BCUT2D eigenvalue weighted by Crippen LogP contribution is -2.34. The predicted octanol–water partition coefficient (Wildman–Crippen LogP) is 4.26. The van der Waals surface area contributed by atoms with Crippen molar-refractivity contribution < 1.29 is 4.79 Å². The summed E-state index contributed by atoms with van der Waals surface area (Å²) in [5.74, 6) is 0.665. The van der Waals surface area contributed by atoms with Crippen molar-refractivity contribution >= 4 is 17.3 Å². The molecule has 3 nitrogen and oxygen atoms in total. The average Bonchev–Trinajstić information content (AvgIpc) is 2.48. The molecule has 2 aromatic carbocycles. The minimum atomic E-state index is 0.0182. The van der Waals surface area contributed by atoms with Gasteiger partial charge in [0.15, 0.2) is 0 Å². The van der Waals surface area contributed by atoms with Crippen molar-refractivity contribution in [1.29, 1.82) is 0 Å². The Hall–Kier alpha value is -2.13. The van der Waals surface area contributed by atoms with Crippen LogP contribution < -0.4 is 9.80 Å². The SMILES string of the molecule is CC(C)Cc1ccc(CC(=O)Nc2ccc([N+](C)(C)C)cc2)cc1. The fourth-order valence-electron chi connectivity index (χ4n) is 2.65. The van der Waals surface area contributed by atoms with Gasteiger partial charge in [-0.15, -0.1) is 0 Å². The van der Waals surface area contributed by atoms with Crippen LogP contribution in [-0.2, 0) is 17.6 Å². The van der Waals surface area contributed by atoms with Crippen molar-refractivity contribution in [3.63, 3.8) is 0 Å². The fourth-order valence-corrected chi connectivity index (χ4v) is 2.65. The summed E-state index contributed by atoms with van der Waals surface area (Å²) in [5.41, 5.74) is 4.41. The second-order valence-corrected chi connectivity index (χ2v) is 7.70. The van der Waals surface area contributed by atoms with Crippen LogP contribution in [0.5, 0.6) is 0 Å². The van der Waals surface area contributed by atoms with Gasteiger partial charge in [-0.3, -0.25) is 9.28 Å². The smallest absolute Gasteiger partial charge is 0.228 e. The molecule has 0 aliphatic carbocycles. The van der Waals surface area contributed by atoms with Crippen molar-refractivity contribution in [2.45, 2.75) is 26.7 Å². The Labute approximate surface area is 145 Å². The predicted molar refractivity (Wildman–Crippen MR) is 103 cm³/mol. The Bertz CT molecular complexity index is 664. The highest BCUT2D eigenvalue weighted by molar-refractivity contribution is 5.92. The molecule has 0 aliphatic rings. The van der Waals surface area contributed by atoms with E-state index in [1.165, 1.54) is 11.3 Å². The zero-order valence-electron chi connectivity index (χ0n) is 15.5. The van der Waals surface area contributed by atoms with E-state index in [0.29, 0.717) is 12.3 Å². The number of nitrogens with zero attached hydrogens (tertiary/aromatic N) is 1. The minimum absolute atomic E-state index is 0.0182. The molecule has 128 valence electrons. The van der Waals surface area contributed by atoms with Gasteiger partial charge in [-0.05, 0) is 35.6 Å². The van der Waals surface area contributed by atoms with Gasteiger partial charge in [0.2, 0.25) is 5.91 Å². The van der Waals surface area contributed by atoms with E-state index < -0.39 is 0 Å². The monoisotopic (exact) mass is 325 g/mol. The third-order valence-electron chi connectivity index (χ3n) is 3.96. The van der Waals surface area contributed by atoms with Gasteiger partial charge in [0.25, 0.3) is 0 Å². The zero-order chi connectivity index (χ0) is 17.7. The molecule has 0 heterocycles. The minimum Gasteiger partial charge on any atom is -0.326 e. The highest BCUT2D eigenvalue weighted by Crippen LogP contribution is 2.20. The molecule has 1 amide bonds. The second kappa shape index (κ2) is 7.63. The molecule has 0 radical (unpaired) electrons. The molecule has 0 aromatic heterocycles. The molecule has 0 atom stereocenters.